The van der Waals surface area contributed by atoms with Crippen molar-refractivity contribution in [3.63, 3.8) is 0 Å². The van der Waals surface area contributed by atoms with Crippen LogP contribution in [0, 0.1) is 18.8 Å². The summed E-state index contributed by atoms with van der Waals surface area (Å²) in [5, 5.41) is 8.99. The first-order valence-electron chi connectivity index (χ1n) is 6.92. The number of rotatable bonds is 4. The molecular weight excluding hydrogens is 224 g/mol. The fourth-order valence-electron chi connectivity index (χ4n) is 3.07. The predicted molar refractivity (Wildman–Crippen MR) is 72.6 cm³/mol. The summed E-state index contributed by atoms with van der Waals surface area (Å²) < 4.78 is 0. The van der Waals surface area contributed by atoms with Gasteiger partial charge in [-0.15, -0.1) is 0 Å². The molecule has 0 radical (unpaired) electrons. The maximum absolute atomic E-state index is 10.9. The molecule has 0 aromatic heterocycles. The van der Waals surface area contributed by atoms with E-state index in [2.05, 4.69) is 31.2 Å². The van der Waals surface area contributed by atoms with E-state index in [4.69, 9.17) is 5.11 Å². The van der Waals surface area contributed by atoms with Crippen molar-refractivity contribution in [1.82, 2.24) is 0 Å². The standard InChI is InChI=1S/C16H22O2/c1-12-6-8-13(9-7-12)10-14-4-2-3-5-15(14)11-16(17)18/h6-9,14-15H,2-5,10-11H2,1H3,(H,17,18). The lowest BCUT2D eigenvalue weighted by atomic mass is 9.74. The normalized spacial score (nSPS) is 23.8. The quantitative estimate of drug-likeness (QED) is 0.877. The zero-order chi connectivity index (χ0) is 13.0. The molecule has 2 atom stereocenters. The Bertz CT molecular complexity index is 394. The highest BCUT2D eigenvalue weighted by atomic mass is 16.4. The molecule has 0 heterocycles. The number of hydrogen-bond donors (Lipinski definition) is 1. The van der Waals surface area contributed by atoms with Crippen molar-refractivity contribution in [3.8, 4) is 0 Å². The topological polar surface area (TPSA) is 37.3 Å². The van der Waals surface area contributed by atoms with Gasteiger partial charge in [0.25, 0.3) is 0 Å². The van der Waals surface area contributed by atoms with E-state index in [1.807, 2.05) is 0 Å². The van der Waals surface area contributed by atoms with E-state index < -0.39 is 5.97 Å². The van der Waals surface area contributed by atoms with Gasteiger partial charge in [0.05, 0.1) is 0 Å². The molecule has 18 heavy (non-hydrogen) atoms. The number of benzene rings is 1. The number of aliphatic carboxylic acids is 1. The summed E-state index contributed by atoms with van der Waals surface area (Å²) in [4.78, 5) is 10.9. The monoisotopic (exact) mass is 246 g/mol. The molecule has 1 saturated carbocycles. The largest absolute Gasteiger partial charge is 0.481 e. The van der Waals surface area contributed by atoms with Crippen LogP contribution in [0.2, 0.25) is 0 Å². The summed E-state index contributed by atoms with van der Waals surface area (Å²) in [6, 6.07) is 8.65. The lowest BCUT2D eigenvalue weighted by molar-refractivity contribution is -0.138. The van der Waals surface area contributed by atoms with Gasteiger partial charge in [0, 0.05) is 6.42 Å². The van der Waals surface area contributed by atoms with E-state index >= 15 is 0 Å². The molecule has 1 aromatic carbocycles. The predicted octanol–water partition coefficient (Wildman–Crippen LogP) is 3.82. The minimum absolute atomic E-state index is 0.344. The smallest absolute Gasteiger partial charge is 0.303 e. The van der Waals surface area contributed by atoms with Gasteiger partial charge in [0.2, 0.25) is 0 Å². The first-order valence-corrected chi connectivity index (χ1v) is 6.92. The Morgan fingerprint density at radius 3 is 2.39 bits per heavy atom. The van der Waals surface area contributed by atoms with E-state index in [9.17, 15) is 4.79 Å². The molecule has 0 saturated heterocycles. The van der Waals surface area contributed by atoms with Gasteiger partial charge in [0.15, 0.2) is 0 Å². The van der Waals surface area contributed by atoms with Crippen molar-refractivity contribution < 1.29 is 9.90 Å². The van der Waals surface area contributed by atoms with Gasteiger partial charge in [-0.2, -0.15) is 0 Å². The van der Waals surface area contributed by atoms with E-state index in [0.29, 0.717) is 18.3 Å². The van der Waals surface area contributed by atoms with Gasteiger partial charge in [-0.25, -0.2) is 0 Å². The number of hydrogen-bond acceptors (Lipinski definition) is 1. The maximum atomic E-state index is 10.9. The summed E-state index contributed by atoms with van der Waals surface area (Å²) in [7, 11) is 0. The third-order valence-corrected chi connectivity index (χ3v) is 4.12. The Hall–Kier alpha value is -1.31. The lowest BCUT2D eigenvalue weighted by Gasteiger charge is -2.30. The van der Waals surface area contributed by atoms with Crippen molar-refractivity contribution >= 4 is 5.97 Å². The number of carboxylic acid groups (broad SMARTS) is 1. The third-order valence-electron chi connectivity index (χ3n) is 4.12. The Morgan fingerprint density at radius 1 is 1.17 bits per heavy atom. The molecular formula is C16H22O2. The minimum atomic E-state index is -0.643. The van der Waals surface area contributed by atoms with Gasteiger partial charge in [-0.1, -0.05) is 42.7 Å². The second-order valence-electron chi connectivity index (χ2n) is 5.59. The summed E-state index contributed by atoms with van der Waals surface area (Å²) in [6.07, 6.45) is 6.11. The van der Waals surface area contributed by atoms with Crippen LogP contribution in [-0.2, 0) is 11.2 Å². The number of carbonyl (C=O) groups is 1. The molecule has 0 bridgehead atoms. The van der Waals surface area contributed by atoms with Crippen molar-refractivity contribution in [1.29, 1.82) is 0 Å². The molecule has 2 nitrogen and oxygen atoms in total. The number of aryl methyl sites for hydroxylation is 1. The van der Waals surface area contributed by atoms with Crippen molar-refractivity contribution in [2.24, 2.45) is 11.8 Å². The highest BCUT2D eigenvalue weighted by Crippen LogP contribution is 2.34. The van der Waals surface area contributed by atoms with Crippen LogP contribution >= 0.6 is 0 Å². The molecule has 1 aromatic rings. The van der Waals surface area contributed by atoms with Crippen LogP contribution < -0.4 is 0 Å². The highest BCUT2D eigenvalue weighted by molar-refractivity contribution is 5.67. The summed E-state index contributed by atoms with van der Waals surface area (Å²) in [5.74, 6) is 0.283. The van der Waals surface area contributed by atoms with Crippen molar-refractivity contribution in [3.05, 3.63) is 35.4 Å². The Morgan fingerprint density at radius 2 is 1.78 bits per heavy atom. The van der Waals surface area contributed by atoms with Gasteiger partial charge in [-0.05, 0) is 43.6 Å². The Kier molecular flexibility index (Phi) is 4.40. The van der Waals surface area contributed by atoms with Gasteiger partial charge < -0.3 is 5.11 Å². The minimum Gasteiger partial charge on any atom is -0.481 e. The fraction of sp³-hybridized carbons (Fsp3) is 0.562. The van der Waals surface area contributed by atoms with Gasteiger partial charge in [-0.3, -0.25) is 4.79 Å². The Balaban J connectivity index is 2.00. The molecule has 98 valence electrons. The van der Waals surface area contributed by atoms with Crippen LogP contribution in [0.25, 0.3) is 0 Å². The van der Waals surface area contributed by atoms with Crippen LogP contribution in [0.5, 0.6) is 0 Å². The van der Waals surface area contributed by atoms with E-state index in [0.717, 1.165) is 12.8 Å². The lowest BCUT2D eigenvalue weighted by Crippen LogP contribution is -2.24. The molecule has 1 N–H and O–H groups in total. The molecule has 2 rings (SSSR count). The van der Waals surface area contributed by atoms with Crippen LogP contribution in [0.3, 0.4) is 0 Å². The average molecular weight is 246 g/mol. The first-order chi connectivity index (χ1) is 8.65. The maximum Gasteiger partial charge on any atom is 0.303 e. The summed E-state index contributed by atoms with van der Waals surface area (Å²) in [5.41, 5.74) is 2.63. The fourth-order valence-corrected chi connectivity index (χ4v) is 3.07. The first kappa shape index (κ1) is 13.1. The molecule has 0 spiro atoms. The molecule has 0 aliphatic heterocycles. The second-order valence-corrected chi connectivity index (χ2v) is 5.59. The van der Waals surface area contributed by atoms with Crippen LogP contribution in [0.4, 0.5) is 0 Å². The number of carboxylic acids is 1. The van der Waals surface area contributed by atoms with Crippen LogP contribution in [-0.4, -0.2) is 11.1 Å². The zero-order valence-electron chi connectivity index (χ0n) is 11.1. The molecule has 1 aliphatic rings. The summed E-state index contributed by atoms with van der Waals surface area (Å²) >= 11 is 0. The molecule has 2 unspecified atom stereocenters. The highest BCUT2D eigenvalue weighted by Gasteiger charge is 2.26. The average Bonchev–Trinajstić information content (AvgIpc) is 2.34. The van der Waals surface area contributed by atoms with E-state index in [1.54, 1.807) is 0 Å². The van der Waals surface area contributed by atoms with Crippen molar-refractivity contribution in [2.45, 2.75) is 45.4 Å². The van der Waals surface area contributed by atoms with Gasteiger partial charge >= 0.3 is 5.97 Å². The van der Waals surface area contributed by atoms with Crippen LogP contribution in [0.1, 0.15) is 43.2 Å². The van der Waals surface area contributed by atoms with E-state index in [-0.39, 0.29) is 0 Å². The molecule has 0 amide bonds. The third kappa shape index (κ3) is 3.59. The molecule has 1 fully saturated rings. The molecule has 1 aliphatic carbocycles. The SMILES string of the molecule is Cc1ccc(CC2CCCCC2CC(=O)O)cc1. The Labute approximate surface area is 109 Å². The zero-order valence-corrected chi connectivity index (χ0v) is 11.1. The van der Waals surface area contributed by atoms with Crippen molar-refractivity contribution in [2.75, 3.05) is 0 Å². The molecule has 2 heteroatoms. The van der Waals surface area contributed by atoms with Gasteiger partial charge in [0.1, 0.15) is 0 Å². The van der Waals surface area contributed by atoms with E-state index in [1.165, 1.54) is 30.4 Å². The van der Waals surface area contributed by atoms with Crippen LogP contribution in [0.15, 0.2) is 24.3 Å². The second kappa shape index (κ2) is 6.03. The summed E-state index contributed by atoms with van der Waals surface area (Å²) in [6.45, 7) is 2.09.